The SMILES string of the molecule is CN(C)c1ccc(C(=O)N2CCO[C@H](c3cc4cc(F)ccc4cn3)C2)cc1. The lowest BCUT2D eigenvalue weighted by Gasteiger charge is -2.33. The molecule has 1 atom stereocenters. The van der Waals surface area contributed by atoms with Gasteiger partial charge in [-0.15, -0.1) is 0 Å². The average Bonchev–Trinajstić information content (AvgIpc) is 2.73. The molecule has 144 valence electrons. The maximum atomic E-state index is 13.5. The highest BCUT2D eigenvalue weighted by molar-refractivity contribution is 5.94. The van der Waals surface area contributed by atoms with Crippen LogP contribution in [0.15, 0.2) is 54.7 Å². The number of pyridine rings is 1. The third kappa shape index (κ3) is 3.68. The second-order valence-corrected chi connectivity index (χ2v) is 7.15. The van der Waals surface area contributed by atoms with Crippen molar-refractivity contribution in [2.75, 3.05) is 38.7 Å². The fraction of sp³-hybridized carbons (Fsp3) is 0.273. The number of amides is 1. The second-order valence-electron chi connectivity index (χ2n) is 7.15. The molecule has 4 rings (SSSR count). The lowest BCUT2D eigenvalue weighted by atomic mass is 10.1. The molecule has 0 unspecified atom stereocenters. The molecule has 3 aromatic rings. The van der Waals surface area contributed by atoms with Crippen LogP contribution in [0.5, 0.6) is 0 Å². The summed E-state index contributed by atoms with van der Waals surface area (Å²) in [5.41, 5.74) is 2.40. The summed E-state index contributed by atoms with van der Waals surface area (Å²) in [6.45, 7) is 1.39. The van der Waals surface area contributed by atoms with E-state index in [1.54, 1.807) is 17.2 Å². The molecule has 5 nitrogen and oxygen atoms in total. The number of aromatic nitrogens is 1. The van der Waals surface area contributed by atoms with Crippen molar-refractivity contribution in [3.8, 4) is 0 Å². The predicted octanol–water partition coefficient (Wildman–Crippen LogP) is 3.65. The highest BCUT2D eigenvalue weighted by Crippen LogP contribution is 2.25. The Balaban J connectivity index is 1.53. The molecule has 0 aliphatic carbocycles. The summed E-state index contributed by atoms with van der Waals surface area (Å²) >= 11 is 0. The van der Waals surface area contributed by atoms with Crippen molar-refractivity contribution in [2.24, 2.45) is 0 Å². The summed E-state index contributed by atoms with van der Waals surface area (Å²) in [5, 5.41) is 1.64. The molecule has 1 aromatic heterocycles. The second kappa shape index (κ2) is 7.56. The van der Waals surface area contributed by atoms with Crippen LogP contribution < -0.4 is 4.90 Å². The molecule has 28 heavy (non-hydrogen) atoms. The summed E-state index contributed by atoms with van der Waals surface area (Å²) in [6, 6.07) is 14.0. The van der Waals surface area contributed by atoms with Gasteiger partial charge in [-0.05, 0) is 53.9 Å². The van der Waals surface area contributed by atoms with Crippen molar-refractivity contribution in [2.45, 2.75) is 6.10 Å². The Labute approximate surface area is 163 Å². The van der Waals surface area contributed by atoms with E-state index in [0.717, 1.165) is 16.5 Å². The Kier molecular flexibility index (Phi) is 4.96. The first kappa shape index (κ1) is 18.4. The third-order valence-corrected chi connectivity index (χ3v) is 5.02. The molecule has 1 amide bonds. The maximum absolute atomic E-state index is 13.5. The lowest BCUT2D eigenvalue weighted by molar-refractivity contribution is -0.0246. The van der Waals surface area contributed by atoms with E-state index in [9.17, 15) is 9.18 Å². The van der Waals surface area contributed by atoms with Crippen molar-refractivity contribution in [3.63, 3.8) is 0 Å². The average molecular weight is 379 g/mol. The molecule has 2 aromatic carbocycles. The smallest absolute Gasteiger partial charge is 0.254 e. The Morgan fingerprint density at radius 1 is 1.14 bits per heavy atom. The van der Waals surface area contributed by atoms with Crippen molar-refractivity contribution < 1.29 is 13.9 Å². The molecular weight excluding hydrogens is 357 g/mol. The number of nitrogens with zero attached hydrogens (tertiary/aromatic N) is 3. The van der Waals surface area contributed by atoms with Crippen LogP contribution in [0, 0.1) is 5.82 Å². The normalized spacial score (nSPS) is 17.0. The molecule has 0 bridgehead atoms. The molecule has 0 N–H and O–H groups in total. The van der Waals surface area contributed by atoms with Crippen LogP contribution in [-0.2, 0) is 4.74 Å². The minimum absolute atomic E-state index is 0.0227. The fourth-order valence-corrected chi connectivity index (χ4v) is 3.40. The number of halogens is 1. The van der Waals surface area contributed by atoms with E-state index in [0.29, 0.717) is 31.0 Å². The van der Waals surface area contributed by atoms with E-state index < -0.39 is 0 Å². The quantitative estimate of drug-likeness (QED) is 0.697. The van der Waals surface area contributed by atoms with E-state index in [4.69, 9.17) is 4.74 Å². The van der Waals surface area contributed by atoms with E-state index in [1.165, 1.54) is 12.1 Å². The number of rotatable bonds is 3. The van der Waals surface area contributed by atoms with Gasteiger partial charge in [-0.1, -0.05) is 0 Å². The van der Waals surface area contributed by atoms with E-state index in [1.807, 2.05) is 49.3 Å². The minimum Gasteiger partial charge on any atom is -0.378 e. The standard InChI is InChI=1S/C22H22FN3O2/c1-25(2)19-7-4-15(5-8-19)22(27)26-9-10-28-21(14-26)20-12-17-11-18(23)6-3-16(17)13-24-20/h3-8,11-13,21H,9-10,14H2,1-2H3/t21-/m0/s1. The fourth-order valence-electron chi connectivity index (χ4n) is 3.40. The number of carbonyl (C=O) groups is 1. The van der Waals surface area contributed by atoms with Gasteiger partial charge in [-0.25, -0.2) is 4.39 Å². The van der Waals surface area contributed by atoms with Gasteiger partial charge >= 0.3 is 0 Å². The highest BCUT2D eigenvalue weighted by atomic mass is 19.1. The topological polar surface area (TPSA) is 45.7 Å². The van der Waals surface area contributed by atoms with Crippen LogP contribution >= 0.6 is 0 Å². The first-order valence-electron chi connectivity index (χ1n) is 9.25. The summed E-state index contributed by atoms with van der Waals surface area (Å²) in [4.78, 5) is 21.1. The van der Waals surface area contributed by atoms with Gasteiger partial charge in [0.05, 0.1) is 18.8 Å². The van der Waals surface area contributed by atoms with Gasteiger partial charge in [0.25, 0.3) is 5.91 Å². The van der Waals surface area contributed by atoms with Gasteiger partial charge in [0.1, 0.15) is 11.9 Å². The monoisotopic (exact) mass is 379 g/mol. The number of morpholine rings is 1. The number of fused-ring (bicyclic) bond motifs is 1. The summed E-state index contributed by atoms with van der Waals surface area (Å²) in [6.07, 6.45) is 1.39. The first-order valence-corrected chi connectivity index (χ1v) is 9.25. The molecule has 2 heterocycles. The number of ether oxygens (including phenoxy) is 1. The predicted molar refractivity (Wildman–Crippen MR) is 107 cm³/mol. The molecule has 1 aliphatic heterocycles. The first-order chi connectivity index (χ1) is 13.5. The highest BCUT2D eigenvalue weighted by Gasteiger charge is 2.27. The zero-order valence-corrected chi connectivity index (χ0v) is 15.9. The summed E-state index contributed by atoms with van der Waals surface area (Å²) in [7, 11) is 3.93. The zero-order valence-electron chi connectivity index (χ0n) is 15.9. The van der Waals surface area contributed by atoms with Gasteiger partial charge in [-0.2, -0.15) is 0 Å². The molecule has 1 aliphatic rings. The number of hydrogen-bond donors (Lipinski definition) is 0. The maximum Gasteiger partial charge on any atom is 0.254 e. The molecule has 0 saturated carbocycles. The number of anilines is 1. The number of carbonyl (C=O) groups excluding carboxylic acids is 1. The van der Waals surface area contributed by atoms with E-state index >= 15 is 0 Å². The molecule has 1 saturated heterocycles. The molecular formula is C22H22FN3O2. The van der Waals surface area contributed by atoms with Gasteiger partial charge < -0.3 is 14.5 Å². The van der Waals surface area contributed by atoms with Crippen LogP contribution in [0.1, 0.15) is 22.2 Å². The van der Waals surface area contributed by atoms with Crippen LogP contribution in [0.3, 0.4) is 0 Å². The minimum atomic E-state index is -0.327. The van der Waals surface area contributed by atoms with Gasteiger partial charge in [0.15, 0.2) is 0 Å². The molecule has 0 spiro atoms. The number of benzene rings is 2. The molecule has 6 heteroatoms. The zero-order chi connectivity index (χ0) is 19.7. The van der Waals surface area contributed by atoms with E-state index in [-0.39, 0.29) is 17.8 Å². The van der Waals surface area contributed by atoms with Gasteiger partial charge in [-0.3, -0.25) is 9.78 Å². The Morgan fingerprint density at radius 2 is 1.93 bits per heavy atom. The Bertz CT molecular complexity index is 1000. The largest absolute Gasteiger partial charge is 0.378 e. The van der Waals surface area contributed by atoms with Crippen molar-refractivity contribution >= 4 is 22.4 Å². The Morgan fingerprint density at radius 3 is 2.68 bits per heavy atom. The van der Waals surface area contributed by atoms with Crippen molar-refractivity contribution in [1.29, 1.82) is 0 Å². The van der Waals surface area contributed by atoms with Crippen LogP contribution in [0.2, 0.25) is 0 Å². The third-order valence-electron chi connectivity index (χ3n) is 5.02. The van der Waals surface area contributed by atoms with Gasteiger partial charge in [0, 0.05) is 43.5 Å². The van der Waals surface area contributed by atoms with Crippen LogP contribution in [0.25, 0.3) is 10.8 Å². The molecule has 0 radical (unpaired) electrons. The lowest BCUT2D eigenvalue weighted by Crippen LogP contribution is -2.42. The van der Waals surface area contributed by atoms with Crippen molar-refractivity contribution in [1.82, 2.24) is 9.88 Å². The Hall–Kier alpha value is -2.99. The summed E-state index contributed by atoms with van der Waals surface area (Å²) in [5.74, 6) is -0.308. The van der Waals surface area contributed by atoms with Crippen molar-refractivity contribution in [3.05, 3.63) is 71.8 Å². The summed E-state index contributed by atoms with van der Waals surface area (Å²) < 4.78 is 19.4. The van der Waals surface area contributed by atoms with Gasteiger partial charge in [0.2, 0.25) is 0 Å². The van der Waals surface area contributed by atoms with Crippen LogP contribution in [-0.4, -0.2) is 49.6 Å². The molecule has 1 fully saturated rings. The van der Waals surface area contributed by atoms with E-state index in [2.05, 4.69) is 4.98 Å². The number of hydrogen-bond acceptors (Lipinski definition) is 4. The van der Waals surface area contributed by atoms with Crippen LogP contribution in [0.4, 0.5) is 10.1 Å².